The molecule has 4 aromatic rings. The number of halogens is 1. The third kappa shape index (κ3) is 4.03. The minimum atomic E-state index is -0.0531. The molecule has 1 aliphatic rings. The molecular weight excluding hydrogens is 448 g/mol. The summed E-state index contributed by atoms with van der Waals surface area (Å²) in [6, 6.07) is 26.6. The summed E-state index contributed by atoms with van der Waals surface area (Å²) in [5.41, 5.74) is 6.67. The van der Waals surface area contributed by atoms with E-state index in [1.54, 1.807) is 0 Å². The molecule has 0 amide bonds. The van der Waals surface area contributed by atoms with Crippen molar-refractivity contribution in [2.75, 3.05) is 0 Å². The Morgan fingerprint density at radius 2 is 1.70 bits per heavy atom. The van der Waals surface area contributed by atoms with Gasteiger partial charge in [0, 0.05) is 24.1 Å². The number of benzene rings is 2. The molecule has 2 aromatic carbocycles. The number of thiocarbonyl (C=S) groups is 1. The zero-order valence-corrected chi connectivity index (χ0v) is 20.1. The summed E-state index contributed by atoms with van der Waals surface area (Å²) in [7, 11) is 0. The lowest BCUT2D eigenvalue weighted by Crippen LogP contribution is -2.29. The van der Waals surface area contributed by atoms with E-state index in [1.165, 1.54) is 11.1 Å². The first kappa shape index (κ1) is 21.7. The second-order valence-electron chi connectivity index (χ2n) is 8.35. The zero-order chi connectivity index (χ0) is 22.9. The van der Waals surface area contributed by atoms with Crippen molar-refractivity contribution in [3.8, 4) is 5.69 Å². The summed E-state index contributed by atoms with van der Waals surface area (Å²) in [4.78, 5) is 6.95. The average Bonchev–Trinajstić information content (AvgIpc) is 3.30. The Hall–Kier alpha value is -3.15. The van der Waals surface area contributed by atoms with Crippen LogP contribution in [0.4, 0.5) is 0 Å². The lowest BCUT2D eigenvalue weighted by atomic mass is 9.96. The van der Waals surface area contributed by atoms with E-state index in [0.717, 1.165) is 39.4 Å². The van der Waals surface area contributed by atoms with Gasteiger partial charge in [0.15, 0.2) is 5.11 Å². The van der Waals surface area contributed by atoms with Crippen molar-refractivity contribution >= 4 is 28.9 Å². The van der Waals surface area contributed by atoms with Crippen LogP contribution < -0.4 is 5.32 Å². The Labute approximate surface area is 204 Å². The first-order valence-electron chi connectivity index (χ1n) is 11.0. The van der Waals surface area contributed by atoms with Crippen LogP contribution in [-0.2, 0) is 6.54 Å². The number of pyridine rings is 1. The first-order chi connectivity index (χ1) is 16.0. The molecule has 5 rings (SSSR count). The third-order valence-electron chi connectivity index (χ3n) is 6.28. The summed E-state index contributed by atoms with van der Waals surface area (Å²) >= 11 is 12.4. The quantitative estimate of drug-likeness (QED) is 0.345. The number of para-hydroxylation sites is 1. The second kappa shape index (κ2) is 9.00. The summed E-state index contributed by atoms with van der Waals surface area (Å²) in [6.45, 7) is 5.00. The number of nitrogens with one attached hydrogen (secondary N) is 1. The molecular formula is C27H25ClN4S. The van der Waals surface area contributed by atoms with Crippen LogP contribution in [0, 0.1) is 13.8 Å². The van der Waals surface area contributed by atoms with Crippen molar-refractivity contribution in [3.05, 3.63) is 118 Å². The average molecular weight is 473 g/mol. The van der Waals surface area contributed by atoms with Gasteiger partial charge >= 0.3 is 0 Å². The van der Waals surface area contributed by atoms with Crippen molar-refractivity contribution < 1.29 is 0 Å². The third-order valence-corrected chi connectivity index (χ3v) is 6.95. The molecule has 1 aliphatic heterocycles. The van der Waals surface area contributed by atoms with E-state index in [1.807, 2.05) is 42.6 Å². The molecule has 6 heteroatoms. The van der Waals surface area contributed by atoms with Crippen LogP contribution in [0.1, 0.15) is 40.3 Å². The van der Waals surface area contributed by atoms with E-state index in [-0.39, 0.29) is 12.1 Å². The van der Waals surface area contributed by atoms with Crippen LogP contribution in [0.2, 0.25) is 5.02 Å². The lowest BCUT2D eigenvalue weighted by molar-refractivity contribution is 0.310. The normalized spacial score (nSPS) is 17.9. The molecule has 0 unspecified atom stereocenters. The smallest absolute Gasteiger partial charge is 0.170 e. The molecule has 1 N–H and O–H groups in total. The highest BCUT2D eigenvalue weighted by Gasteiger charge is 2.41. The van der Waals surface area contributed by atoms with Crippen LogP contribution in [0.15, 0.2) is 85.1 Å². The number of aryl methyl sites for hydroxylation is 1. The second-order valence-corrected chi connectivity index (χ2v) is 9.15. The molecule has 0 aliphatic carbocycles. The van der Waals surface area contributed by atoms with Crippen molar-refractivity contribution in [1.29, 1.82) is 0 Å². The van der Waals surface area contributed by atoms with Gasteiger partial charge in [0.25, 0.3) is 0 Å². The minimum Gasteiger partial charge on any atom is -0.352 e. The topological polar surface area (TPSA) is 33.1 Å². The summed E-state index contributed by atoms with van der Waals surface area (Å²) < 4.78 is 2.23. The molecule has 0 bridgehead atoms. The van der Waals surface area contributed by atoms with E-state index < -0.39 is 0 Å². The van der Waals surface area contributed by atoms with E-state index >= 15 is 0 Å². The van der Waals surface area contributed by atoms with E-state index in [2.05, 4.69) is 76.1 Å². The maximum Gasteiger partial charge on any atom is 0.170 e. The largest absolute Gasteiger partial charge is 0.352 e. The van der Waals surface area contributed by atoms with E-state index in [9.17, 15) is 0 Å². The summed E-state index contributed by atoms with van der Waals surface area (Å²) in [6.07, 6.45) is 1.84. The van der Waals surface area contributed by atoms with Crippen LogP contribution >= 0.6 is 23.8 Å². The monoisotopic (exact) mass is 472 g/mol. The standard InChI is InChI=1S/C27H25ClN4S/c1-18-16-21(19(2)32(18)24-14-7-6-12-22(24)28)26-25(23-13-8-9-15-29-23)30-27(33)31(26)17-20-10-4-3-5-11-20/h3-16,25-26H,17H2,1-2H3,(H,30,33)/t25-,26+/m0/s1. The Bertz CT molecular complexity index is 1290. The number of hydrogen-bond acceptors (Lipinski definition) is 2. The van der Waals surface area contributed by atoms with E-state index in [4.69, 9.17) is 23.8 Å². The maximum absolute atomic E-state index is 6.58. The zero-order valence-electron chi connectivity index (χ0n) is 18.6. The lowest BCUT2D eigenvalue weighted by Gasteiger charge is -2.28. The van der Waals surface area contributed by atoms with Gasteiger partial charge in [-0.25, -0.2) is 0 Å². The molecule has 2 atom stereocenters. The minimum absolute atomic E-state index is 0.00459. The van der Waals surface area contributed by atoms with Gasteiger partial charge in [-0.05, 0) is 67.5 Å². The highest BCUT2D eigenvalue weighted by Crippen LogP contribution is 2.42. The van der Waals surface area contributed by atoms with Crippen molar-refractivity contribution in [3.63, 3.8) is 0 Å². The molecule has 2 aromatic heterocycles. The molecule has 166 valence electrons. The fraction of sp³-hybridized carbons (Fsp3) is 0.185. The van der Waals surface area contributed by atoms with Gasteiger partial charge in [-0.15, -0.1) is 0 Å². The first-order valence-corrected chi connectivity index (χ1v) is 11.8. The van der Waals surface area contributed by atoms with Gasteiger partial charge < -0.3 is 14.8 Å². The van der Waals surface area contributed by atoms with Crippen molar-refractivity contribution in [2.45, 2.75) is 32.5 Å². The number of hydrogen-bond donors (Lipinski definition) is 1. The maximum atomic E-state index is 6.58. The fourth-order valence-corrected chi connectivity index (χ4v) is 5.31. The molecule has 1 fully saturated rings. The molecule has 0 saturated carbocycles. The van der Waals surface area contributed by atoms with Gasteiger partial charge in [0.2, 0.25) is 0 Å². The predicted molar refractivity (Wildman–Crippen MR) is 138 cm³/mol. The molecule has 1 saturated heterocycles. The number of aromatic nitrogens is 2. The van der Waals surface area contributed by atoms with Crippen LogP contribution in [0.3, 0.4) is 0 Å². The molecule has 3 heterocycles. The highest BCUT2D eigenvalue weighted by atomic mass is 35.5. The summed E-state index contributed by atoms with van der Waals surface area (Å²) in [5.74, 6) is 0. The summed E-state index contributed by atoms with van der Waals surface area (Å²) in [5, 5.41) is 5.02. The van der Waals surface area contributed by atoms with Crippen LogP contribution in [0.5, 0.6) is 0 Å². The molecule has 0 radical (unpaired) electrons. The van der Waals surface area contributed by atoms with Crippen LogP contribution in [0.25, 0.3) is 5.69 Å². The van der Waals surface area contributed by atoms with Gasteiger partial charge in [0.1, 0.15) is 0 Å². The number of rotatable bonds is 5. The highest BCUT2D eigenvalue weighted by molar-refractivity contribution is 7.80. The van der Waals surface area contributed by atoms with Crippen molar-refractivity contribution in [2.24, 2.45) is 0 Å². The molecule has 4 nitrogen and oxygen atoms in total. The Morgan fingerprint density at radius 3 is 2.42 bits per heavy atom. The predicted octanol–water partition coefficient (Wildman–Crippen LogP) is 6.32. The van der Waals surface area contributed by atoms with Crippen molar-refractivity contribution in [1.82, 2.24) is 19.8 Å². The van der Waals surface area contributed by atoms with Gasteiger partial charge in [-0.1, -0.05) is 60.1 Å². The molecule has 0 spiro atoms. The van der Waals surface area contributed by atoms with Gasteiger partial charge in [-0.3, -0.25) is 4.98 Å². The van der Waals surface area contributed by atoms with Gasteiger partial charge in [-0.2, -0.15) is 0 Å². The Balaban J connectivity index is 1.63. The SMILES string of the molecule is Cc1cc([C@@H]2[C@H](c3ccccn3)NC(=S)N2Cc2ccccc2)c(C)n1-c1ccccc1Cl. The van der Waals surface area contributed by atoms with Crippen LogP contribution in [-0.4, -0.2) is 19.6 Å². The number of nitrogens with zero attached hydrogens (tertiary/aromatic N) is 3. The Morgan fingerprint density at radius 1 is 0.970 bits per heavy atom. The van der Waals surface area contributed by atoms with Gasteiger partial charge in [0.05, 0.1) is 28.5 Å². The Kier molecular flexibility index (Phi) is 5.92. The fourth-order valence-electron chi connectivity index (χ4n) is 4.79. The van der Waals surface area contributed by atoms with E-state index in [0.29, 0.717) is 0 Å². The molecule has 33 heavy (non-hydrogen) atoms.